The fraction of sp³-hybridized carbons (Fsp3) is 0.464. The van der Waals surface area contributed by atoms with E-state index in [0.717, 1.165) is 12.8 Å². The summed E-state index contributed by atoms with van der Waals surface area (Å²) in [6.07, 6.45) is -0.721. The Labute approximate surface area is 250 Å². The number of benzene rings is 1. The van der Waals surface area contributed by atoms with Crippen molar-refractivity contribution in [3.8, 4) is 17.6 Å². The van der Waals surface area contributed by atoms with E-state index in [4.69, 9.17) is 15.2 Å². The van der Waals surface area contributed by atoms with Gasteiger partial charge in [-0.15, -0.1) is 0 Å². The van der Waals surface area contributed by atoms with E-state index >= 15 is 0 Å². The van der Waals surface area contributed by atoms with Gasteiger partial charge in [0.15, 0.2) is 23.8 Å². The molecule has 2 aromatic heterocycles. The van der Waals surface area contributed by atoms with Crippen LogP contribution in [0.4, 0.5) is 16.3 Å². The van der Waals surface area contributed by atoms with E-state index in [1.807, 2.05) is 0 Å². The minimum Gasteiger partial charge on any atom is -0.410 e. The van der Waals surface area contributed by atoms with E-state index in [-0.39, 0.29) is 46.2 Å². The Kier molecular flexibility index (Phi) is 7.99. The van der Waals surface area contributed by atoms with Gasteiger partial charge in [-0.05, 0) is 49.7 Å². The first-order valence-corrected chi connectivity index (χ1v) is 14.2. The first kappa shape index (κ1) is 29.2. The zero-order valence-electron chi connectivity index (χ0n) is 23.4. The number of hydrogen-bond donors (Lipinski definition) is 4. The van der Waals surface area contributed by atoms with Crippen molar-refractivity contribution in [2.45, 2.75) is 62.7 Å². The number of nitrogen functional groups attached to an aromatic ring is 1. The monoisotopic (exact) mass is 606 g/mol. The van der Waals surface area contributed by atoms with Gasteiger partial charge in [0.25, 0.3) is 11.6 Å². The molecule has 4 atom stereocenters. The molecule has 16 nitrogen and oxygen atoms in total. The van der Waals surface area contributed by atoms with Crippen LogP contribution in [-0.2, 0) is 9.53 Å². The van der Waals surface area contributed by atoms with Crippen molar-refractivity contribution >= 4 is 34.7 Å². The highest BCUT2D eigenvalue weighted by molar-refractivity contribution is 5.83. The lowest BCUT2D eigenvalue weighted by Gasteiger charge is -2.30. The number of ether oxygens (including phenoxy) is 2. The van der Waals surface area contributed by atoms with E-state index < -0.39 is 41.5 Å². The van der Waals surface area contributed by atoms with Gasteiger partial charge in [0.05, 0.1) is 11.3 Å². The summed E-state index contributed by atoms with van der Waals surface area (Å²) in [6.45, 7) is 0.948. The van der Waals surface area contributed by atoms with Gasteiger partial charge in [0.1, 0.15) is 23.5 Å². The fourth-order valence-corrected chi connectivity index (χ4v) is 5.19. The smallest absolute Gasteiger partial charge is 0.410 e. The molecule has 4 heterocycles. The predicted octanol–water partition coefficient (Wildman–Crippen LogP) is 0.867. The number of aliphatic hydroxyl groups is 2. The number of aromatic nitrogens is 4. The zero-order chi connectivity index (χ0) is 31.0. The fourth-order valence-electron chi connectivity index (χ4n) is 5.19. The third kappa shape index (κ3) is 6.11. The molecule has 3 aromatic rings. The molecule has 1 aliphatic carbocycles. The number of imidazole rings is 1. The van der Waals surface area contributed by atoms with Gasteiger partial charge in [-0.3, -0.25) is 19.5 Å². The van der Waals surface area contributed by atoms with Gasteiger partial charge in [0, 0.05) is 37.7 Å². The minimum atomic E-state index is -1.44. The molecular weight excluding hydrogens is 576 g/mol. The number of rotatable bonds is 6. The maximum Gasteiger partial charge on any atom is 0.415 e. The number of aliphatic hydroxyl groups excluding tert-OH is 2. The standard InChI is InChI=1S/C28H30N8O8/c29-24-20-25(35(14-30-20)27-22(38)21(37)23(44-27)26(39)31-16-4-5-16)33-19(32-24)3-1-2-15-10-12-34(13-11-15)28(40)43-18-8-6-17(7-9-18)36(41)42/h6-9,14-16,21-23,27,37-38H,2,4-5,10-13H2,(H,31,39)(H2,29,32,33)/t21-,22?,23+,27-/m1/s1. The molecule has 44 heavy (non-hydrogen) atoms. The predicted molar refractivity (Wildman–Crippen MR) is 152 cm³/mol. The number of nitrogens with one attached hydrogen (secondary N) is 1. The number of nitrogens with two attached hydrogens (primary N) is 1. The number of non-ortho nitro benzene ring substituents is 1. The Morgan fingerprint density at radius 2 is 1.86 bits per heavy atom. The number of fused-ring (bicyclic) bond motifs is 1. The van der Waals surface area contributed by atoms with Crippen LogP contribution < -0.4 is 15.8 Å². The first-order valence-electron chi connectivity index (χ1n) is 14.2. The topological polar surface area (TPSA) is 221 Å². The van der Waals surface area contributed by atoms with E-state index in [1.54, 1.807) is 4.90 Å². The highest BCUT2D eigenvalue weighted by Crippen LogP contribution is 2.33. The van der Waals surface area contributed by atoms with Crippen LogP contribution in [0.15, 0.2) is 30.6 Å². The van der Waals surface area contributed by atoms with Gasteiger partial charge in [-0.25, -0.2) is 19.7 Å². The van der Waals surface area contributed by atoms with Crippen molar-refractivity contribution < 1.29 is 34.2 Å². The quantitative estimate of drug-likeness (QED) is 0.174. The molecule has 2 aliphatic heterocycles. The lowest BCUT2D eigenvalue weighted by Crippen LogP contribution is -2.43. The highest BCUT2D eigenvalue weighted by atomic mass is 16.6. The van der Waals surface area contributed by atoms with Crippen LogP contribution in [0.3, 0.4) is 0 Å². The maximum atomic E-state index is 12.5. The van der Waals surface area contributed by atoms with Crippen molar-refractivity contribution in [3.05, 3.63) is 46.5 Å². The third-order valence-corrected chi connectivity index (χ3v) is 7.86. The molecule has 0 bridgehead atoms. The maximum absolute atomic E-state index is 12.5. The molecule has 3 aliphatic rings. The number of anilines is 1. The average molecular weight is 607 g/mol. The number of likely N-dealkylation sites (tertiary alicyclic amines) is 1. The van der Waals surface area contributed by atoms with Crippen LogP contribution in [0.1, 0.15) is 44.2 Å². The Morgan fingerprint density at radius 3 is 2.55 bits per heavy atom. The van der Waals surface area contributed by atoms with Gasteiger partial charge in [-0.2, -0.15) is 0 Å². The number of piperidine rings is 1. The summed E-state index contributed by atoms with van der Waals surface area (Å²) < 4.78 is 12.5. The van der Waals surface area contributed by atoms with Crippen molar-refractivity contribution in [2.75, 3.05) is 18.8 Å². The molecule has 16 heteroatoms. The number of hydrogen-bond acceptors (Lipinski definition) is 12. The van der Waals surface area contributed by atoms with Gasteiger partial charge in [-0.1, -0.05) is 5.92 Å². The van der Waals surface area contributed by atoms with Crippen molar-refractivity contribution in [3.63, 3.8) is 0 Å². The molecule has 0 spiro atoms. The van der Waals surface area contributed by atoms with Crippen LogP contribution in [0, 0.1) is 27.9 Å². The van der Waals surface area contributed by atoms with Crippen LogP contribution >= 0.6 is 0 Å². The second kappa shape index (κ2) is 12.0. The minimum absolute atomic E-state index is 0.0655. The highest BCUT2D eigenvalue weighted by Gasteiger charge is 2.48. The van der Waals surface area contributed by atoms with Gasteiger partial charge < -0.3 is 35.6 Å². The largest absolute Gasteiger partial charge is 0.415 e. The van der Waals surface area contributed by atoms with Crippen molar-refractivity contribution in [1.29, 1.82) is 0 Å². The molecule has 1 unspecified atom stereocenters. The number of nitro benzene ring substituents is 1. The summed E-state index contributed by atoms with van der Waals surface area (Å²) in [5, 5.41) is 34.7. The molecule has 6 rings (SSSR count). The Balaban J connectivity index is 1.06. The van der Waals surface area contributed by atoms with Crippen LogP contribution in [0.25, 0.3) is 11.2 Å². The second-order valence-corrected chi connectivity index (χ2v) is 11.0. The molecule has 0 radical (unpaired) electrons. The number of carbonyl (C=O) groups excluding carboxylic acids is 2. The molecule has 5 N–H and O–H groups in total. The Morgan fingerprint density at radius 1 is 1.14 bits per heavy atom. The number of nitro groups is 1. The van der Waals surface area contributed by atoms with Gasteiger partial charge >= 0.3 is 6.09 Å². The van der Waals surface area contributed by atoms with Crippen LogP contribution in [0.2, 0.25) is 0 Å². The van der Waals surface area contributed by atoms with E-state index in [0.29, 0.717) is 32.4 Å². The summed E-state index contributed by atoms with van der Waals surface area (Å²) in [5.41, 5.74) is 6.52. The number of amides is 2. The SMILES string of the molecule is Nc1nc(C#CCC2CCN(C(=O)Oc3ccc([N+](=O)[O-])cc3)CC2)nc2c1ncn2[C@@H]1O[C@H](C(=O)NC2CC2)[C@H](O)C1O. The molecule has 3 fully saturated rings. The van der Waals surface area contributed by atoms with E-state index in [2.05, 4.69) is 32.1 Å². The summed E-state index contributed by atoms with van der Waals surface area (Å²) in [7, 11) is 0. The zero-order valence-corrected chi connectivity index (χ0v) is 23.4. The van der Waals surface area contributed by atoms with Crippen LogP contribution in [0.5, 0.6) is 5.75 Å². The Bertz CT molecular complexity index is 1640. The van der Waals surface area contributed by atoms with Crippen LogP contribution in [-0.4, -0.2) is 89.0 Å². The molecule has 2 amide bonds. The summed E-state index contributed by atoms with van der Waals surface area (Å²) >= 11 is 0. The normalized spacial score (nSPS) is 23.6. The molecule has 1 aromatic carbocycles. The second-order valence-electron chi connectivity index (χ2n) is 11.0. The molecule has 1 saturated carbocycles. The first-order chi connectivity index (χ1) is 21.2. The number of nitrogens with zero attached hydrogens (tertiary/aromatic N) is 6. The lowest BCUT2D eigenvalue weighted by molar-refractivity contribution is -0.384. The third-order valence-electron chi connectivity index (χ3n) is 7.86. The molecule has 230 valence electrons. The summed E-state index contributed by atoms with van der Waals surface area (Å²) in [6, 6.07) is 5.39. The molecule has 2 saturated heterocycles. The van der Waals surface area contributed by atoms with Crippen molar-refractivity contribution in [1.82, 2.24) is 29.7 Å². The van der Waals surface area contributed by atoms with Crippen molar-refractivity contribution in [2.24, 2.45) is 5.92 Å². The van der Waals surface area contributed by atoms with E-state index in [9.17, 15) is 29.9 Å². The Hall–Kier alpha value is -4.85. The van der Waals surface area contributed by atoms with Gasteiger partial charge in [0.2, 0.25) is 5.82 Å². The summed E-state index contributed by atoms with van der Waals surface area (Å²) in [5.74, 6) is 6.19. The number of carbonyl (C=O) groups is 2. The summed E-state index contributed by atoms with van der Waals surface area (Å²) in [4.78, 5) is 49.8. The molecular formula is C28H30N8O8. The van der Waals surface area contributed by atoms with E-state index in [1.165, 1.54) is 35.2 Å². The lowest BCUT2D eigenvalue weighted by atomic mass is 9.94. The average Bonchev–Trinajstić information content (AvgIpc) is 3.64.